The average molecular weight is 203 g/mol. The molecule has 0 radical (unpaired) electrons. The van der Waals surface area contributed by atoms with E-state index < -0.39 is 6.10 Å². The number of aliphatic hydroxyl groups is 1. The fourth-order valence-corrected chi connectivity index (χ4v) is 1.14. The lowest BCUT2D eigenvalue weighted by Gasteiger charge is -2.05. The van der Waals surface area contributed by atoms with E-state index in [0.717, 1.165) is 0 Å². The highest BCUT2D eigenvalue weighted by molar-refractivity contribution is 6.42. The average Bonchev–Trinajstić information content (AvgIpc) is 2.08. The van der Waals surface area contributed by atoms with Gasteiger partial charge in [0.25, 0.3) is 0 Å². The van der Waals surface area contributed by atoms with Gasteiger partial charge >= 0.3 is 0 Å². The van der Waals surface area contributed by atoms with Crippen LogP contribution < -0.4 is 0 Å². The molecule has 64 valence electrons. The van der Waals surface area contributed by atoms with E-state index in [2.05, 4.69) is 6.58 Å². The predicted octanol–water partition coefficient (Wildman–Crippen LogP) is 3.21. The van der Waals surface area contributed by atoms with Gasteiger partial charge in [0.1, 0.15) is 0 Å². The van der Waals surface area contributed by atoms with Gasteiger partial charge in [-0.15, -0.1) is 6.58 Å². The van der Waals surface area contributed by atoms with Crippen LogP contribution in [0.4, 0.5) is 0 Å². The van der Waals surface area contributed by atoms with Crippen molar-refractivity contribution >= 4 is 23.2 Å². The maximum Gasteiger partial charge on any atom is 0.0969 e. The number of hydrogen-bond donors (Lipinski definition) is 1. The maximum atomic E-state index is 9.32. The SMILES string of the molecule is C=CC(O)c1ccc(Cl)c(Cl)c1. The van der Waals surface area contributed by atoms with Crippen LogP contribution in [-0.2, 0) is 0 Å². The van der Waals surface area contributed by atoms with Crippen molar-refractivity contribution in [2.75, 3.05) is 0 Å². The van der Waals surface area contributed by atoms with Crippen molar-refractivity contribution in [1.29, 1.82) is 0 Å². The zero-order valence-electron chi connectivity index (χ0n) is 6.30. The fourth-order valence-electron chi connectivity index (χ4n) is 0.832. The summed E-state index contributed by atoms with van der Waals surface area (Å²) in [6.07, 6.45) is 0.749. The Labute approximate surface area is 81.2 Å². The molecule has 0 heterocycles. The van der Waals surface area contributed by atoms with Gasteiger partial charge in [0.15, 0.2) is 0 Å². The molecule has 1 atom stereocenters. The van der Waals surface area contributed by atoms with Crippen molar-refractivity contribution in [3.63, 3.8) is 0 Å². The second-order valence-corrected chi connectivity index (χ2v) is 3.17. The second kappa shape index (κ2) is 3.94. The molecule has 0 saturated carbocycles. The van der Waals surface area contributed by atoms with Gasteiger partial charge in [-0.25, -0.2) is 0 Å². The van der Waals surface area contributed by atoms with Gasteiger partial charge in [0.2, 0.25) is 0 Å². The van der Waals surface area contributed by atoms with E-state index in [1.807, 2.05) is 0 Å². The summed E-state index contributed by atoms with van der Waals surface area (Å²) in [5, 5.41) is 10.2. The van der Waals surface area contributed by atoms with Gasteiger partial charge in [-0.05, 0) is 17.7 Å². The zero-order chi connectivity index (χ0) is 9.14. The highest BCUT2D eigenvalue weighted by Crippen LogP contribution is 2.25. The van der Waals surface area contributed by atoms with Crippen molar-refractivity contribution in [1.82, 2.24) is 0 Å². The third kappa shape index (κ3) is 2.01. The Hall–Kier alpha value is -0.500. The summed E-state index contributed by atoms with van der Waals surface area (Å²) >= 11 is 11.4. The smallest absolute Gasteiger partial charge is 0.0969 e. The second-order valence-electron chi connectivity index (χ2n) is 2.35. The minimum Gasteiger partial charge on any atom is -0.384 e. The summed E-state index contributed by atoms with van der Waals surface area (Å²) < 4.78 is 0. The monoisotopic (exact) mass is 202 g/mol. The summed E-state index contributed by atoms with van der Waals surface area (Å²) in [4.78, 5) is 0. The highest BCUT2D eigenvalue weighted by Gasteiger charge is 2.04. The first-order valence-corrected chi connectivity index (χ1v) is 4.16. The van der Waals surface area contributed by atoms with Crippen LogP contribution in [0.15, 0.2) is 30.9 Å². The molecule has 0 aromatic heterocycles. The molecule has 1 N–H and O–H groups in total. The molecule has 0 aliphatic carbocycles. The molecular formula is C9H8Cl2O. The number of rotatable bonds is 2. The van der Waals surface area contributed by atoms with E-state index in [9.17, 15) is 5.11 Å². The highest BCUT2D eigenvalue weighted by atomic mass is 35.5. The van der Waals surface area contributed by atoms with Crippen LogP contribution in [-0.4, -0.2) is 5.11 Å². The van der Waals surface area contributed by atoms with Crippen molar-refractivity contribution in [2.24, 2.45) is 0 Å². The molecule has 0 amide bonds. The van der Waals surface area contributed by atoms with E-state index in [0.29, 0.717) is 15.6 Å². The molecule has 0 bridgehead atoms. The largest absolute Gasteiger partial charge is 0.384 e. The van der Waals surface area contributed by atoms with Crippen LogP contribution in [0, 0.1) is 0 Å². The Kier molecular flexibility index (Phi) is 3.15. The van der Waals surface area contributed by atoms with Gasteiger partial charge in [-0.2, -0.15) is 0 Å². The van der Waals surface area contributed by atoms with Crippen molar-refractivity contribution in [3.05, 3.63) is 46.5 Å². The molecule has 0 spiro atoms. The van der Waals surface area contributed by atoms with Gasteiger partial charge in [-0.3, -0.25) is 0 Å². The summed E-state index contributed by atoms with van der Waals surface area (Å²) in [5.41, 5.74) is 0.694. The molecule has 1 rings (SSSR count). The third-order valence-electron chi connectivity index (χ3n) is 1.51. The summed E-state index contributed by atoms with van der Waals surface area (Å²) in [7, 11) is 0. The maximum absolute atomic E-state index is 9.32. The first-order chi connectivity index (χ1) is 5.65. The topological polar surface area (TPSA) is 20.2 Å². The van der Waals surface area contributed by atoms with Crippen LogP contribution in [0.25, 0.3) is 0 Å². The molecule has 0 fully saturated rings. The molecule has 12 heavy (non-hydrogen) atoms. The first-order valence-electron chi connectivity index (χ1n) is 3.40. The first kappa shape index (κ1) is 9.59. The van der Waals surface area contributed by atoms with E-state index in [-0.39, 0.29) is 0 Å². The Morgan fingerprint density at radius 3 is 2.50 bits per heavy atom. The zero-order valence-corrected chi connectivity index (χ0v) is 7.81. The minimum absolute atomic E-state index is 0.440. The molecule has 1 aromatic carbocycles. The Bertz CT molecular complexity index is 297. The predicted molar refractivity (Wildman–Crippen MR) is 51.6 cm³/mol. The molecule has 0 aliphatic heterocycles. The standard InChI is InChI=1S/C9H8Cl2O/c1-2-9(12)6-3-4-7(10)8(11)5-6/h2-5,9,12H,1H2. The van der Waals surface area contributed by atoms with Crippen LogP contribution in [0.3, 0.4) is 0 Å². The van der Waals surface area contributed by atoms with Gasteiger partial charge < -0.3 is 5.11 Å². The van der Waals surface area contributed by atoms with Crippen LogP contribution in [0.5, 0.6) is 0 Å². The quantitative estimate of drug-likeness (QED) is 0.731. The molecule has 0 aliphatic rings. The molecule has 0 saturated heterocycles. The van der Waals surface area contributed by atoms with Crippen molar-refractivity contribution < 1.29 is 5.11 Å². The van der Waals surface area contributed by atoms with Crippen LogP contribution in [0.1, 0.15) is 11.7 Å². The lowest BCUT2D eigenvalue weighted by molar-refractivity contribution is 0.229. The van der Waals surface area contributed by atoms with E-state index >= 15 is 0 Å². The molecule has 1 unspecified atom stereocenters. The van der Waals surface area contributed by atoms with Crippen molar-refractivity contribution in [2.45, 2.75) is 6.10 Å². The number of halogens is 2. The van der Waals surface area contributed by atoms with Gasteiger partial charge in [0, 0.05) is 0 Å². The molecule has 1 nitrogen and oxygen atoms in total. The Morgan fingerprint density at radius 1 is 1.33 bits per heavy atom. The lowest BCUT2D eigenvalue weighted by Crippen LogP contribution is -1.91. The number of hydrogen-bond acceptors (Lipinski definition) is 1. The molecule has 3 heteroatoms. The summed E-state index contributed by atoms with van der Waals surface area (Å²) in [6, 6.07) is 4.97. The normalized spacial score (nSPS) is 12.6. The Balaban J connectivity index is 3.04. The minimum atomic E-state index is -0.681. The third-order valence-corrected chi connectivity index (χ3v) is 2.25. The van der Waals surface area contributed by atoms with Crippen LogP contribution >= 0.6 is 23.2 Å². The molecule has 1 aromatic rings. The van der Waals surface area contributed by atoms with E-state index in [1.165, 1.54) is 6.08 Å². The lowest BCUT2D eigenvalue weighted by atomic mass is 10.1. The fraction of sp³-hybridized carbons (Fsp3) is 0.111. The molecular weight excluding hydrogens is 195 g/mol. The Morgan fingerprint density at radius 2 is 2.00 bits per heavy atom. The van der Waals surface area contributed by atoms with E-state index in [1.54, 1.807) is 18.2 Å². The van der Waals surface area contributed by atoms with Gasteiger partial charge in [0.05, 0.1) is 16.1 Å². The van der Waals surface area contributed by atoms with Gasteiger partial charge in [-0.1, -0.05) is 35.3 Å². The summed E-state index contributed by atoms with van der Waals surface area (Å²) in [5.74, 6) is 0. The van der Waals surface area contributed by atoms with Crippen LogP contribution in [0.2, 0.25) is 10.0 Å². The number of benzene rings is 1. The summed E-state index contributed by atoms with van der Waals surface area (Å²) in [6.45, 7) is 3.46. The van der Waals surface area contributed by atoms with Crippen molar-refractivity contribution in [3.8, 4) is 0 Å². The van der Waals surface area contributed by atoms with E-state index in [4.69, 9.17) is 23.2 Å². The number of aliphatic hydroxyl groups excluding tert-OH is 1.